The summed E-state index contributed by atoms with van der Waals surface area (Å²) in [6, 6.07) is 9.70. The number of hydrogen-bond acceptors (Lipinski definition) is 6. The molecule has 3 rings (SSSR count). The number of carbonyl (C=O) groups is 1. The molecular weight excluding hydrogens is 382 g/mol. The van der Waals surface area contributed by atoms with Gasteiger partial charge in [-0.05, 0) is 30.3 Å². The second kappa shape index (κ2) is 7.88. The molecule has 2 aromatic carbocycles. The lowest BCUT2D eigenvalue weighted by Gasteiger charge is -2.07. The van der Waals surface area contributed by atoms with Crippen molar-refractivity contribution in [1.82, 2.24) is 4.98 Å². The summed E-state index contributed by atoms with van der Waals surface area (Å²) in [4.78, 5) is 17.2. The highest BCUT2D eigenvalue weighted by Crippen LogP contribution is 2.33. The topological polar surface area (TPSA) is 60.5 Å². The van der Waals surface area contributed by atoms with Crippen molar-refractivity contribution in [3.8, 4) is 11.5 Å². The lowest BCUT2D eigenvalue weighted by atomic mass is 10.2. The van der Waals surface area contributed by atoms with Gasteiger partial charge in [-0.25, -0.2) is 4.98 Å². The van der Waals surface area contributed by atoms with Crippen molar-refractivity contribution in [2.75, 3.05) is 19.5 Å². The van der Waals surface area contributed by atoms with Gasteiger partial charge in [0.1, 0.15) is 11.5 Å². The smallest absolute Gasteiger partial charge is 0.288 e. The predicted octanol–water partition coefficient (Wildman–Crippen LogP) is 4.88. The predicted molar refractivity (Wildman–Crippen MR) is 99.0 cm³/mol. The molecule has 0 unspecified atom stereocenters. The number of amides is 1. The van der Waals surface area contributed by atoms with Gasteiger partial charge in [0, 0.05) is 16.5 Å². The van der Waals surface area contributed by atoms with Gasteiger partial charge in [0.15, 0.2) is 5.13 Å². The first-order valence-electron chi connectivity index (χ1n) is 7.38. The largest absolute Gasteiger partial charge is 0.497 e. The summed E-state index contributed by atoms with van der Waals surface area (Å²) in [7, 11) is 3.00. The molecule has 1 N–H and O–H groups in total. The van der Waals surface area contributed by atoms with Crippen LogP contribution in [0.5, 0.6) is 11.5 Å². The molecule has 0 aliphatic carbocycles. The van der Waals surface area contributed by atoms with Crippen LogP contribution in [0.1, 0.15) is 10.4 Å². The molecule has 0 saturated carbocycles. The van der Waals surface area contributed by atoms with Crippen molar-refractivity contribution >= 4 is 44.4 Å². The normalized spacial score (nSPS) is 11.0. The zero-order valence-electron chi connectivity index (χ0n) is 13.8. The average molecular weight is 396 g/mol. The molecule has 136 valence electrons. The Bertz CT molecular complexity index is 925. The van der Waals surface area contributed by atoms with Crippen LogP contribution in [-0.4, -0.2) is 30.9 Å². The van der Waals surface area contributed by atoms with E-state index < -0.39 is 5.76 Å². The van der Waals surface area contributed by atoms with E-state index in [0.717, 1.165) is 0 Å². The highest BCUT2D eigenvalue weighted by atomic mass is 32.2. The number of hydrogen-bond donors (Lipinski definition) is 1. The first kappa shape index (κ1) is 18.4. The van der Waals surface area contributed by atoms with Gasteiger partial charge < -0.3 is 9.47 Å². The third kappa shape index (κ3) is 4.23. The van der Waals surface area contributed by atoms with E-state index in [1.165, 1.54) is 25.6 Å². The van der Waals surface area contributed by atoms with Crippen LogP contribution < -0.4 is 14.8 Å². The van der Waals surface area contributed by atoms with Crippen molar-refractivity contribution in [2.45, 2.75) is 10.7 Å². The number of methoxy groups -OCH3 is 2. The van der Waals surface area contributed by atoms with Gasteiger partial charge in [-0.1, -0.05) is 23.1 Å². The molecule has 26 heavy (non-hydrogen) atoms. The first-order chi connectivity index (χ1) is 12.5. The summed E-state index contributed by atoms with van der Waals surface area (Å²) in [6.07, 6.45) is 0. The average Bonchev–Trinajstić information content (AvgIpc) is 3.02. The fourth-order valence-electron chi connectivity index (χ4n) is 2.24. The number of ether oxygens (including phenoxy) is 2. The van der Waals surface area contributed by atoms with Gasteiger partial charge in [-0.2, -0.15) is 8.78 Å². The van der Waals surface area contributed by atoms with E-state index in [1.807, 2.05) is 0 Å². The maximum atomic E-state index is 12.5. The molecule has 0 spiro atoms. The Morgan fingerprint density at radius 2 is 1.85 bits per heavy atom. The van der Waals surface area contributed by atoms with Crippen LogP contribution in [-0.2, 0) is 0 Å². The SMILES string of the molecule is COc1cc(OC)cc(C(=O)Nc2nc3ccc(SC(F)F)cc3s2)c1. The number of anilines is 1. The molecular formula is C17H14F2N2O3S2. The van der Waals surface area contributed by atoms with E-state index in [1.54, 1.807) is 36.4 Å². The van der Waals surface area contributed by atoms with Crippen LogP contribution in [0.15, 0.2) is 41.3 Å². The minimum Gasteiger partial charge on any atom is -0.497 e. The van der Waals surface area contributed by atoms with Crippen LogP contribution in [0.2, 0.25) is 0 Å². The Morgan fingerprint density at radius 1 is 1.15 bits per heavy atom. The third-order valence-corrected chi connectivity index (χ3v) is 5.06. The van der Waals surface area contributed by atoms with Gasteiger partial charge in [0.25, 0.3) is 11.7 Å². The number of nitrogens with one attached hydrogen (secondary N) is 1. The Hall–Kier alpha value is -2.39. The van der Waals surface area contributed by atoms with Crippen molar-refractivity contribution in [3.63, 3.8) is 0 Å². The molecule has 1 heterocycles. The summed E-state index contributed by atoms with van der Waals surface area (Å²) >= 11 is 1.69. The second-order valence-electron chi connectivity index (χ2n) is 5.08. The van der Waals surface area contributed by atoms with Crippen LogP contribution in [0.3, 0.4) is 0 Å². The number of rotatable bonds is 6. The van der Waals surface area contributed by atoms with E-state index in [2.05, 4.69) is 10.3 Å². The van der Waals surface area contributed by atoms with Gasteiger partial charge in [0.2, 0.25) is 0 Å². The van der Waals surface area contributed by atoms with Crippen molar-refractivity contribution < 1.29 is 23.0 Å². The molecule has 0 atom stereocenters. The monoisotopic (exact) mass is 396 g/mol. The molecule has 5 nitrogen and oxygen atoms in total. The Labute approximate surface area is 156 Å². The molecule has 1 amide bonds. The number of alkyl halides is 2. The fraction of sp³-hybridized carbons (Fsp3) is 0.176. The molecule has 0 bridgehead atoms. The summed E-state index contributed by atoms with van der Waals surface area (Å²) in [5.74, 6) is -1.87. The minimum atomic E-state index is -2.48. The van der Waals surface area contributed by atoms with Crippen LogP contribution in [0.4, 0.5) is 13.9 Å². The molecule has 0 radical (unpaired) electrons. The molecule has 1 aromatic heterocycles. The highest BCUT2D eigenvalue weighted by molar-refractivity contribution is 7.99. The lowest BCUT2D eigenvalue weighted by molar-refractivity contribution is 0.102. The zero-order valence-corrected chi connectivity index (χ0v) is 15.4. The van der Waals surface area contributed by atoms with Crippen LogP contribution >= 0.6 is 23.1 Å². The first-order valence-corrected chi connectivity index (χ1v) is 9.08. The quantitative estimate of drug-likeness (QED) is 0.602. The maximum absolute atomic E-state index is 12.5. The number of benzene rings is 2. The summed E-state index contributed by atoms with van der Waals surface area (Å²) in [6.45, 7) is 0. The molecule has 0 aliphatic heterocycles. The van der Waals surface area contributed by atoms with Gasteiger partial charge in [-0.15, -0.1) is 0 Å². The van der Waals surface area contributed by atoms with Crippen LogP contribution in [0.25, 0.3) is 10.2 Å². The van der Waals surface area contributed by atoms with E-state index >= 15 is 0 Å². The lowest BCUT2D eigenvalue weighted by Crippen LogP contribution is -2.12. The van der Waals surface area contributed by atoms with Gasteiger partial charge >= 0.3 is 0 Å². The zero-order chi connectivity index (χ0) is 18.7. The van der Waals surface area contributed by atoms with E-state index in [-0.39, 0.29) is 5.91 Å². The number of thioether (sulfide) groups is 1. The number of fused-ring (bicyclic) bond motifs is 1. The number of halogens is 2. The van der Waals surface area contributed by atoms with Crippen LogP contribution in [0, 0.1) is 0 Å². The number of nitrogens with zero attached hydrogens (tertiary/aromatic N) is 1. The Balaban J connectivity index is 1.83. The number of thiazole rings is 1. The van der Waals surface area contributed by atoms with Crippen molar-refractivity contribution in [1.29, 1.82) is 0 Å². The third-order valence-electron chi connectivity index (χ3n) is 3.42. The molecule has 3 aromatic rings. The standard InChI is InChI=1S/C17H14F2N2O3S2/c1-23-10-5-9(6-11(7-10)24-2)15(22)21-17-20-13-4-3-12(25-16(18)19)8-14(13)26-17/h3-8,16H,1-2H3,(H,20,21,22). The van der Waals surface area contributed by atoms with Gasteiger partial charge in [0.05, 0.1) is 24.4 Å². The van der Waals surface area contributed by atoms with E-state index in [0.29, 0.717) is 49.1 Å². The van der Waals surface area contributed by atoms with Crippen molar-refractivity contribution in [3.05, 3.63) is 42.0 Å². The maximum Gasteiger partial charge on any atom is 0.288 e. The summed E-state index contributed by atoms with van der Waals surface area (Å²) in [5.41, 5.74) is 0.988. The Kier molecular flexibility index (Phi) is 5.58. The number of carbonyl (C=O) groups excluding carboxylic acids is 1. The molecule has 9 heteroatoms. The number of aromatic nitrogens is 1. The molecule has 0 aliphatic rings. The van der Waals surface area contributed by atoms with Gasteiger partial charge in [-0.3, -0.25) is 10.1 Å². The highest BCUT2D eigenvalue weighted by Gasteiger charge is 2.14. The van der Waals surface area contributed by atoms with Crippen molar-refractivity contribution in [2.24, 2.45) is 0 Å². The summed E-state index contributed by atoms with van der Waals surface area (Å²) in [5, 5.41) is 3.09. The fourth-order valence-corrected chi connectivity index (χ4v) is 3.76. The summed E-state index contributed by atoms with van der Waals surface area (Å²) < 4.78 is 36.0. The van der Waals surface area contributed by atoms with E-state index in [4.69, 9.17) is 9.47 Å². The minimum absolute atomic E-state index is 0.356. The molecule has 0 fully saturated rings. The molecule has 0 saturated heterocycles. The second-order valence-corrected chi connectivity index (χ2v) is 7.18. The Morgan fingerprint density at radius 3 is 2.46 bits per heavy atom. The van der Waals surface area contributed by atoms with E-state index in [9.17, 15) is 13.6 Å².